The van der Waals surface area contributed by atoms with E-state index in [4.69, 9.17) is 4.74 Å². The fraction of sp³-hybridized carbons (Fsp3) is 0.533. The van der Waals surface area contributed by atoms with Gasteiger partial charge in [-0.3, -0.25) is 4.99 Å². The number of guanidine groups is 1. The van der Waals surface area contributed by atoms with Crippen molar-refractivity contribution in [2.45, 2.75) is 19.3 Å². The number of methoxy groups -OCH3 is 1. The number of ether oxygens (including phenoxy) is 1. The molecule has 3 N–H and O–H groups in total. The number of hydrogen-bond donors (Lipinski definition) is 3. The van der Waals surface area contributed by atoms with E-state index in [0.29, 0.717) is 5.75 Å². The fourth-order valence-electron chi connectivity index (χ4n) is 1.81. The Morgan fingerprint density at radius 2 is 1.76 bits per heavy atom. The summed E-state index contributed by atoms with van der Waals surface area (Å²) in [5, 5.41) is 15.7. The molecule has 0 spiro atoms. The van der Waals surface area contributed by atoms with Crippen molar-refractivity contribution in [3.8, 4) is 5.75 Å². The molecule has 0 saturated heterocycles. The number of halogens is 1. The van der Waals surface area contributed by atoms with Crippen LogP contribution >= 0.6 is 24.0 Å². The molecular formula is C15H26IN3O2. The number of nitrogens with zero attached hydrogens (tertiary/aromatic N) is 1. The summed E-state index contributed by atoms with van der Waals surface area (Å²) in [5.74, 6) is 1.14. The van der Waals surface area contributed by atoms with E-state index in [9.17, 15) is 5.11 Å². The third kappa shape index (κ3) is 9.52. The van der Waals surface area contributed by atoms with Crippen molar-refractivity contribution in [3.63, 3.8) is 0 Å². The van der Waals surface area contributed by atoms with Gasteiger partial charge in [0.2, 0.25) is 0 Å². The summed E-state index contributed by atoms with van der Waals surface area (Å²) in [7, 11) is 3.47. The van der Waals surface area contributed by atoms with Crippen LogP contribution in [0.1, 0.15) is 18.4 Å². The predicted molar refractivity (Wildman–Crippen MR) is 97.7 cm³/mol. The number of phenols is 1. The van der Waals surface area contributed by atoms with Crippen LogP contribution in [0.5, 0.6) is 5.75 Å². The standard InChI is InChI=1S/C15H25N3O2.HI/c1-16-15(18-11-4-12-20-2)17-10-3-5-13-6-8-14(19)9-7-13;/h6-9,19H,3-5,10-12H2,1-2H3,(H2,16,17,18);1H. The molecule has 1 aromatic rings. The van der Waals surface area contributed by atoms with Gasteiger partial charge in [-0.15, -0.1) is 24.0 Å². The molecule has 0 atom stereocenters. The van der Waals surface area contributed by atoms with Gasteiger partial charge in [-0.05, 0) is 37.0 Å². The molecular weight excluding hydrogens is 381 g/mol. The van der Waals surface area contributed by atoms with Gasteiger partial charge in [0.1, 0.15) is 5.75 Å². The Morgan fingerprint density at radius 1 is 1.14 bits per heavy atom. The van der Waals surface area contributed by atoms with Crippen LogP contribution in [-0.4, -0.2) is 44.9 Å². The van der Waals surface area contributed by atoms with Crippen molar-refractivity contribution in [2.75, 3.05) is 33.9 Å². The first-order valence-corrected chi connectivity index (χ1v) is 6.97. The molecule has 5 nitrogen and oxygen atoms in total. The van der Waals surface area contributed by atoms with Crippen LogP contribution in [-0.2, 0) is 11.2 Å². The van der Waals surface area contributed by atoms with E-state index in [1.165, 1.54) is 5.56 Å². The number of rotatable bonds is 8. The second-order valence-electron chi connectivity index (χ2n) is 4.54. The summed E-state index contributed by atoms with van der Waals surface area (Å²) in [6.07, 6.45) is 2.96. The van der Waals surface area contributed by atoms with Crippen LogP contribution in [0, 0.1) is 0 Å². The van der Waals surface area contributed by atoms with Crippen LogP contribution < -0.4 is 10.6 Å². The zero-order chi connectivity index (χ0) is 14.6. The lowest BCUT2D eigenvalue weighted by Gasteiger charge is -2.11. The summed E-state index contributed by atoms with van der Waals surface area (Å²) in [6.45, 7) is 2.47. The molecule has 0 heterocycles. The highest BCUT2D eigenvalue weighted by Gasteiger charge is 1.97. The Morgan fingerprint density at radius 3 is 2.33 bits per heavy atom. The Kier molecular flexibility index (Phi) is 12.1. The molecule has 0 aliphatic rings. The lowest BCUT2D eigenvalue weighted by atomic mass is 10.1. The molecule has 120 valence electrons. The first-order valence-electron chi connectivity index (χ1n) is 6.97. The van der Waals surface area contributed by atoms with Crippen LogP contribution in [0.25, 0.3) is 0 Å². The minimum absolute atomic E-state index is 0. The van der Waals surface area contributed by atoms with Crippen molar-refractivity contribution in [1.82, 2.24) is 10.6 Å². The fourth-order valence-corrected chi connectivity index (χ4v) is 1.81. The Hall–Kier alpha value is -1.02. The smallest absolute Gasteiger partial charge is 0.190 e. The van der Waals surface area contributed by atoms with Crippen LogP contribution in [0.4, 0.5) is 0 Å². The van der Waals surface area contributed by atoms with E-state index in [-0.39, 0.29) is 24.0 Å². The normalized spacial score (nSPS) is 10.9. The third-order valence-electron chi connectivity index (χ3n) is 2.91. The molecule has 0 aromatic heterocycles. The van der Waals surface area contributed by atoms with E-state index >= 15 is 0 Å². The second kappa shape index (κ2) is 12.7. The highest BCUT2D eigenvalue weighted by atomic mass is 127. The average Bonchev–Trinajstić information content (AvgIpc) is 2.47. The van der Waals surface area contributed by atoms with Gasteiger partial charge >= 0.3 is 0 Å². The van der Waals surface area contributed by atoms with Gasteiger partial charge in [0.15, 0.2) is 5.96 Å². The molecule has 0 radical (unpaired) electrons. The SMILES string of the molecule is CN=C(NCCCOC)NCCCc1ccc(O)cc1.I. The molecule has 0 amide bonds. The highest BCUT2D eigenvalue weighted by Crippen LogP contribution is 2.10. The van der Waals surface area contributed by atoms with E-state index in [1.54, 1.807) is 26.3 Å². The van der Waals surface area contributed by atoms with Gasteiger partial charge in [-0.2, -0.15) is 0 Å². The number of hydrogen-bond acceptors (Lipinski definition) is 3. The summed E-state index contributed by atoms with van der Waals surface area (Å²) in [4.78, 5) is 4.16. The predicted octanol–water partition coefficient (Wildman–Crippen LogP) is 2.14. The summed E-state index contributed by atoms with van der Waals surface area (Å²) in [5.41, 5.74) is 1.23. The van der Waals surface area contributed by atoms with E-state index < -0.39 is 0 Å². The maximum atomic E-state index is 9.21. The number of aryl methyl sites for hydroxylation is 1. The van der Waals surface area contributed by atoms with Crippen LogP contribution in [0.3, 0.4) is 0 Å². The number of phenolic OH excluding ortho intramolecular Hbond substituents is 1. The molecule has 0 unspecified atom stereocenters. The maximum Gasteiger partial charge on any atom is 0.190 e. The van der Waals surface area contributed by atoms with Gasteiger partial charge < -0.3 is 20.5 Å². The quantitative estimate of drug-likeness (QED) is 0.268. The molecule has 0 aliphatic carbocycles. The van der Waals surface area contributed by atoms with Gasteiger partial charge in [0.25, 0.3) is 0 Å². The number of nitrogens with one attached hydrogen (secondary N) is 2. The molecule has 0 bridgehead atoms. The van der Waals surface area contributed by atoms with Crippen molar-refractivity contribution >= 4 is 29.9 Å². The highest BCUT2D eigenvalue weighted by molar-refractivity contribution is 14.0. The van der Waals surface area contributed by atoms with Crippen molar-refractivity contribution in [3.05, 3.63) is 29.8 Å². The number of aromatic hydroxyl groups is 1. The second-order valence-corrected chi connectivity index (χ2v) is 4.54. The van der Waals surface area contributed by atoms with Gasteiger partial charge in [0, 0.05) is 33.9 Å². The minimum Gasteiger partial charge on any atom is -0.508 e. The molecule has 21 heavy (non-hydrogen) atoms. The van der Waals surface area contributed by atoms with Crippen molar-refractivity contribution in [2.24, 2.45) is 4.99 Å². The lowest BCUT2D eigenvalue weighted by Crippen LogP contribution is -2.38. The van der Waals surface area contributed by atoms with Crippen LogP contribution in [0.15, 0.2) is 29.3 Å². The molecule has 0 saturated carbocycles. The third-order valence-corrected chi connectivity index (χ3v) is 2.91. The Bertz CT molecular complexity index is 396. The largest absolute Gasteiger partial charge is 0.508 e. The maximum absolute atomic E-state index is 9.21. The molecule has 0 aliphatic heterocycles. The first-order chi connectivity index (χ1) is 9.76. The Labute approximate surface area is 144 Å². The van der Waals surface area contributed by atoms with Gasteiger partial charge in [-0.25, -0.2) is 0 Å². The van der Waals surface area contributed by atoms with Crippen LogP contribution in [0.2, 0.25) is 0 Å². The summed E-state index contributed by atoms with van der Waals surface area (Å²) < 4.78 is 5.00. The summed E-state index contributed by atoms with van der Waals surface area (Å²) >= 11 is 0. The molecule has 1 aromatic carbocycles. The Balaban J connectivity index is 0.00000400. The molecule has 6 heteroatoms. The minimum atomic E-state index is 0. The zero-order valence-electron chi connectivity index (χ0n) is 12.8. The first kappa shape index (κ1) is 20.0. The lowest BCUT2D eigenvalue weighted by molar-refractivity contribution is 0.195. The topological polar surface area (TPSA) is 65.9 Å². The van der Waals surface area contributed by atoms with Gasteiger partial charge in [0.05, 0.1) is 0 Å². The zero-order valence-corrected chi connectivity index (χ0v) is 15.1. The number of benzene rings is 1. The van der Waals surface area contributed by atoms with E-state index in [2.05, 4.69) is 15.6 Å². The molecule has 1 rings (SSSR count). The molecule has 0 fully saturated rings. The van der Waals surface area contributed by atoms with Crippen molar-refractivity contribution in [1.29, 1.82) is 0 Å². The van der Waals surface area contributed by atoms with Gasteiger partial charge in [-0.1, -0.05) is 12.1 Å². The number of aliphatic imine (C=N–C) groups is 1. The monoisotopic (exact) mass is 407 g/mol. The average molecular weight is 407 g/mol. The summed E-state index contributed by atoms with van der Waals surface area (Å²) in [6, 6.07) is 7.35. The van der Waals surface area contributed by atoms with E-state index in [0.717, 1.165) is 44.9 Å². The van der Waals surface area contributed by atoms with Crippen molar-refractivity contribution < 1.29 is 9.84 Å². The van der Waals surface area contributed by atoms with E-state index in [1.807, 2.05) is 12.1 Å².